The van der Waals surface area contributed by atoms with Crippen LogP contribution >= 0.6 is 11.8 Å². The summed E-state index contributed by atoms with van der Waals surface area (Å²) in [5.74, 6) is 0. The first-order valence-corrected chi connectivity index (χ1v) is 6.02. The molecule has 0 fully saturated rings. The van der Waals surface area contributed by atoms with Gasteiger partial charge in [-0.05, 0) is 37.8 Å². The van der Waals surface area contributed by atoms with Crippen molar-refractivity contribution in [2.75, 3.05) is 6.26 Å². The van der Waals surface area contributed by atoms with Gasteiger partial charge in [0.1, 0.15) is 0 Å². The van der Waals surface area contributed by atoms with Gasteiger partial charge < -0.3 is 5.73 Å². The van der Waals surface area contributed by atoms with Crippen molar-refractivity contribution in [2.24, 2.45) is 10.8 Å². The van der Waals surface area contributed by atoms with Gasteiger partial charge in [-0.1, -0.05) is 6.07 Å². The normalized spacial score (nSPS) is 11.3. The number of nitrogens with two attached hydrogens (primary N) is 1. The van der Waals surface area contributed by atoms with Crippen LogP contribution in [0.1, 0.15) is 18.1 Å². The van der Waals surface area contributed by atoms with Gasteiger partial charge in [0.2, 0.25) is 0 Å². The van der Waals surface area contributed by atoms with Crippen LogP contribution in [-0.4, -0.2) is 18.0 Å². The molecular weight excluding hydrogens is 222 g/mol. The van der Waals surface area contributed by atoms with Gasteiger partial charge in [0, 0.05) is 10.5 Å². The molecule has 16 heavy (non-hydrogen) atoms. The molecule has 0 aliphatic rings. The minimum atomic E-state index is -0.655. The van der Waals surface area contributed by atoms with E-state index in [1.165, 1.54) is 4.90 Å². The van der Waals surface area contributed by atoms with Crippen LogP contribution in [-0.2, 0) is 0 Å². The Morgan fingerprint density at radius 1 is 1.50 bits per heavy atom. The van der Waals surface area contributed by atoms with Crippen LogP contribution < -0.4 is 11.2 Å². The zero-order valence-electron chi connectivity index (χ0n) is 9.57. The number of amides is 2. The van der Waals surface area contributed by atoms with Crippen molar-refractivity contribution in [2.45, 2.75) is 18.7 Å². The Morgan fingerprint density at radius 3 is 2.69 bits per heavy atom. The maximum absolute atomic E-state index is 10.5. The van der Waals surface area contributed by atoms with Crippen molar-refractivity contribution in [3.8, 4) is 0 Å². The highest BCUT2D eigenvalue weighted by Gasteiger charge is 2.03. The fourth-order valence-corrected chi connectivity index (χ4v) is 1.87. The van der Waals surface area contributed by atoms with Gasteiger partial charge >= 0.3 is 6.03 Å². The van der Waals surface area contributed by atoms with Gasteiger partial charge in [0.15, 0.2) is 0 Å². The first-order valence-electron chi connectivity index (χ1n) is 4.79. The largest absolute Gasteiger partial charge is 0.350 e. The molecule has 0 spiro atoms. The van der Waals surface area contributed by atoms with Crippen molar-refractivity contribution >= 4 is 23.5 Å². The molecule has 0 aromatic heterocycles. The summed E-state index contributed by atoms with van der Waals surface area (Å²) in [6.45, 7) is 3.84. The molecule has 0 saturated heterocycles. The molecule has 0 aliphatic heterocycles. The fraction of sp³-hybridized carbons (Fsp3) is 0.273. The summed E-state index contributed by atoms with van der Waals surface area (Å²) in [6, 6.07) is 5.44. The van der Waals surface area contributed by atoms with E-state index in [-0.39, 0.29) is 0 Å². The third-order valence-electron chi connectivity index (χ3n) is 2.16. The molecule has 0 saturated carbocycles. The number of rotatable bonds is 3. The quantitative estimate of drug-likeness (QED) is 0.480. The lowest BCUT2D eigenvalue weighted by atomic mass is 10.1. The number of hydrogen-bond donors (Lipinski definition) is 2. The highest BCUT2D eigenvalue weighted by Crippen LogP contribution is 2.19. The summed E-state index contributed by atoms with van der Waals surface area (Å²) in [7, 11) is 0. The monoisotopic (exact) mass is 237 g/mol. The number of nitrogens with one attached hydrogen (secondary N) is 1. The summed E-state index contributed by atoms with van der Waals surface area (Å²) in [5.41, 5.74) is 10.0. The molecule has 0 heterocycles. The Bertz CT molecular complexity index is 429. The van der Waals surface area contributed by atoms with Crippen LogP contribution in [0.4, 0.5) is 4.79 Å². The average Bonchev–Trinajstić information content (AvgIpc) is 2.25. The molecule has 0 aliphatic carbocycles. The number of benzene rings is 1. The second-order valence-electron chi connectivity index (χ2n) is 3.35. The number of carbonyl (C=O) groups is 1. The second kappa shape index (κ2) is 5.55. The van der Waals surface area contributed by atoms with E-state index in [2.05, 4.69) is 16.6 Å². The van der Waals surface area contributed by atoms with Crippen molar-refractivity contribution in [3.63, 3.8) is 0 Å². The molecule has 4 nitrogen and oxygen atoms in total. The van der Waals surface area contributed by atoms with Gasteiger partial charge in [0.05, 0.1) is 5.71 Å². The van der Waals surface area contributed by atoms with E-state index >= 15 is 0 Å². The molecule has 0 bridgehead atoms. The number of hydrogen-bond acceptors (Lipinski definition) is 3. The molecule has 86 valence electrons. The van der Waals surface area contributed by atoms with Gasteiger partial charge in [0.25, 0.3) is 0 Å². The molecular formula is C11H15N3OS. The maximum Gasteiger partial charge on any atom is 0.332 e. The SMILES string of the molecule is CSc1ccc(C(C)=NNC(N)=O)c(C)c1. The van der Waals surface area contributed by atoms with E-state index in [0.717, 1.165) is 16.8 Å². The van der Waals surface area contributed by atoms with Gasteiger partial charge in [-0.2, -0.15) is 5.10 Å². The number of aryl methyl sites for hydroxylation is 1. The molecule has 0 atom stereocenters. The molecule has 5 heteroatoms. The number of urea groups is 1. The summed E-state index contributed by atoms with van der Waals surface area (Å²) < 4.78 is 0. The molecule has 0 radical (unpaired) electrons. The number of thioether (sulfide) groups is 1. The predicted octanol–water partition coefficient (Wildman–Crippen LogP) is 2.11. The van der Waals surface area contributed by atoms with E-state index in [4.69, 9.17) is 5.73 Å². The third kappa shape index (κ3) is 3.27. The predicted molar refractivity (Wildman–Crippen MR) is 67.9 cm³/mol. The Labute approximate surface area is 99.3 Å². The van der Waals surface area contributed by atoms with Gasteiger partial charge in [-0.3, -0.25) is 0 Å². The number of hydrazone groups is 1. The molecule has 1 aromatic rings. The molecule has 0 unspecified atom stereocenters. The standard InChI is InChI=1S/C11H15N3OS/c1-7-6-9(16-3)4-5-10(7)8(2)13-14-11(12)15/h4-6H,1-3H3,(H3,12,14,15). The molecule has 1 aromatic carbocycles. The number of primary amides is 1. The maximum atomic E-state index is 10.5. The Kier molecular flexibility index (Phi) is 4.37. The van der Waals surface area contributed by atoms with Crippen LogP contribution in [0.15, 0.2) is 28.2 Å². The smallest absolute Gasteiger partial charge is 0.332 e. The zero-order valence-corrected chi connectivity index (χ0v) is 10.4. The van der Waals surface area contributed by atoms with Crippen LogP contribution in [0.5, 0.6) is 0 Å². The van der Waals surface area contributed by atoms with Gasteiger partial charge in [-0.15, -0.1) is 11.8 Å². The topological polar surface area (TPSA) is 67.5 Å². The van der Waals surface area contributed by atoms with E-state index in [9.17, 15) is 4.79 Å². The molecule has 3 N–H and O–H groups in total. The summed E-state index contributed by atoms with van der Waals surface area (Å²) >= 11 is 1.69. The number of nitrogens with zero attached hydrogens (tertiary/aromatic N) is 1. The van der Waals surface area contributed by atoms with Crippen LogP contribution in [0, 0.1) is 6.92 Å². The minimum absolute atomic E-state index is 0.655. The van der Waals surface area contributed by atoms with Gasteiger partial charge in [-0.25, -0.2) is 10.2 Å². The van der Waals surface area contributed by atoms with Crippen LogP contribution in [0.25, 0.3) is 0 Å². The third-order valence-corrected chi connectivity index (χ3v) is 2.88. The zero-order chi connectivity index (χ0) is 12.1. The Hall–Kier alpha value is -1.49. The minimum Gasteiger partial charge on any atom is -0.350 e. The van der Waals surface area contributed by atoms with E-state index in [0.29, 0.717) is 0 Å². The highest BCUT2D eigenvalue weighted by atomic mass is 32.2. The second-order valence-corrected chi connectivity index (χ2v) is 4.23. The summed E-state index contributed by atoms with van der Waals surface area (Å²) in [6.07, 6.45) is 2.03. The van der Waals surface area contributed by atoms with E-state index in [1.54, 1.807) is 11.8 Å². The van der Waals surface area contributed by atoms with E-state index < -0.39 is 6.03 Å². The van der Waals surface area contributed by atoms with Crippen molar-refractivity contribution < 1.29 is 4.79 Å². The lowest BCUT2D eigenvalue weighted by Gasteiger charge is -2.07. The first kappa shape index (κ1) is 12.6. The fourth-order valence-electron chi connectivity index (χ4n) is 1.37. The molecule has 1 rings (SSSR count). The lowest BCUT2D eigenvalue weighted by molar-refractivity contribution is 0.249. The van der Waals surface area contributed by atoms with Crippen LogP contribution in [0.3, 0.4) is 0 Å². The molecule has 2 amide bonds. The first-order chi connectivity index (χ1) is 7.54. The van der Waals surface area contributed by atoms with Crippen molar-refractivity contribution in [1.82, 2.24) is 5.43 Å². The van der Waals surface area contributed by atoms with Crippen molar-refractivity contribution in [1.29, 1.82) is 0 Å². The van der Waals surface area contributed by atoms with Crippen LogP contribution in [0.2, 0.25) is 0 Å². The average molecular weight is 237 g/mol. The summed E-state index contributed by atoms with van der Waals surface area (Å²) in [5, 5.41) is 3.90. The lowest BCUT2D eigenvalue weighted by Crippen LogP contribution is -2.25. The Morgan fingerprint density at radius 2 is 2.19 bits per heavy atom. The number of carbonyl (C=O) groups excluding carboxylic acids is 1. The summed E-state index contributed by atoms with van der Waals surface area (Å²) in [4.78, 5) is 11.7. The Balaban J connectivity index is 2.95. The van der Waals surface area contributed by atoms with E-state index in [1.807, 2.05) is 32.2 Å². The van der Waals surface area contributed by atoms with Crippen molar-refractivity contribution in [3.05, 3.63) is 29.3 Å². The highest BCUT2D eigenvalue weighted by molar-refractivity contribution is 7.98.